The first-order valence-electron chi connectivity index (χ1n) is 4.51. The van der Waals surface area contributed by atoms with Crippen molar-refractivity contribution in [3.05, 3.63) is 0 Å². The molecular formula is C8H18NO4P. The molecule has 0 aromatic heterocycles. The number of carbonyl (C=O) groups is 1. The number of ether oxygens (including phenoxy) is 1. The van der Waals surface area contributed by atoms with Crippen molar-refractivity contribution in [2.45, 2.75) is 13.8 Å². The Balaban J connectivity index is 4.61. The Hall–Kier alpha value is -0.380. The van der Waals surface area contributed by atoms with E-state index in [1.54, 1.807) is 4.67 Å². The van der Waals surface area contributed by atoms with Gasteiger partial charge in [0.1, 0.15) is 6.16 Å². The lowest BCUT2D eigenvalue weighted by atomic mass is 10.7. The molecule has 0 radical (unpaired) electrons. The predicted octanol–water partition coefficient (Wildman–Crippen LogP) is 1.34. The van der Waals surface area contributed by atoms with E-state index in [0.717, 1.165) is 0 Å². The lowest BCUT2D eigenvalue weighted by Gasteiger charge is -2.26. The highest BCUT2D eigenvalue weighted by Crippen LogP contribution is 2.49. The fraction of sp³-hybridized carbons (Fsp3) is 0.875. The van der Waals surface area contributed by atoms with Gasteiger partial charge in [0.15, 0.2) is 0 Å². The molecular weight excluding hydrogens is 205 g/mol. The van der Waals surface area contributed by atoms with Gasteiger partial charge >= 0.3 is 5.97 Å². The zero-order valence-electron chi connectivity index (χ0n) is 9.15. The summed E-state index contributed by atoms with van der Waals surface area (Å²) < 4.78 is 23.2. The Kier molecular flexibility index (Phi) is 6.00. The first kappa shape index (κ1) is 13.6. The minimum atomic E-state index is -3.02. The second-order valence-electron chi connectivity index (χ2n) is 2.69. The van der Waals surface area contributed by atoms with Gasteiger partial charge in [0.05, 0.1) is 7.11 Å². The molecule has 0 aliphatic rings. The van der Waals surface area contributed by atoms with Gasteiger partial charge in [0.25, 0.3) is 7.52 Å². The number of rotatable bonds is 6. The molecule has 0 saturated heterocycles. The summed E-state index contributed by atoms with van der Waals surface area (Å²) in [6.45, 7) is 4.90. The monoisotopic (exact) mass is 223 g/mol. The highest BCUT2D eigenvalue weighted by Gasteiger charge is 2.31. The molecule has 0 rings (SSSR count). The summed E-state index contributed by atoms with van der Waals surface area (Å²) in [4.78, 5) is 11.0. The number of nitrogens with zero attached hydrogens (tertiary/aromatic N) is 1. The standard InChI is InChI=1S/C8H18NO4P/c1-5-9(6-2)14(11,13-4)7-8(10)12-3/h5-7H2,1-4H3. The summed E-state index contributed by atoms with van der Waals surface area (Å²) in [6.07, 6.45) is -0.193. The molecule has 0 aromatic rings. The molecule has 1 unspecified atom stereocenters. The van der Waals surface area contributed by atoms with E-state index in [-0.39, 0.29) is 6.16 Å². The maximum absolute atomic E-state index is 12.1. The lowest BCUT2D eigenvalue weighted by molar-refractivity contribution is -0.137. The Labute approximate surface area is 84.9 Å². The Bertz CT molecular complexity index is 227. The van der Waals surface area contributed by atoms with Crippen LogP contribution in [0.15, 0.2) is 0 Å². The van der Waals surface area contributed by atoms with E-state index in [1.807, 2.05) is 13.8 Å². The van der Waals surface area contributed by atoms with Gasteiger partial charge in [0.2, 0.25) is 0 Å². The summed E-state index contributed by atoms with van der Waals surface area (Å²) >= 11 is 0. The second kappa shape index (κ2) is 6.17. The molecule has 0 amide bonds. The third kappa shape index (κ3) is 3.40. The highest BCUT2D eigenvalue weighted by atomic mass is 31.2. The maximum atomic E-state index is 12.1. The minimum Gasteiger partial charge on any atom is -0.469 e. The van der Waals surface area contributed by atoms with E-state index < -0.39 is 13.5 Å². The van der Waals surface area contributed by atoms with Gasteiger partial charge in [-0.1, -0.05) is 13.8 Å². The third-order valence-corrected chi connectivity index (χ3v) is 4.66. The van der Waals surface area contributed by atoms with E-state index in [4.69, 9.17) is 4.52 Å². The van der Waals surface area contributed by atoms with Crippen molar-refractivity contribution in [3.8, 4) is 0 Å². The first-order valence-corrected chi connectivity index (χ1v) is 6.27. The summed E-state index contributed by atoms with van der Waals surface area (Å²) in [7, 11) is -0.407. The topological polar surface area (TPSA) is 55.8 Å². The zero-order valence-corrected chi connectivity index (χ0v) is 10.0. The van der Waals surface area contributed by atoms with Crippen LogP contribution < -0.4 is 0 Å². The van der Waals surface area contributed by atoms with Crippen LogP contribution in [0.1, 0.15) is 13.8 Å². The van der Waals surface area contributed by atoms with Gasteiger partial charge in [-0.15, -0.1) is 0 Å². The SMILES string of the molecule is CCN(CC)P(=O)(CC(=O)OC)OC. The third-order valence-electron chi connectivity index (χ3n) is 2.00. The van der Waals surface area contributed by atoms with Crippen LogP contribution in [-0.2, 0) is 18.6 Å². The molecule has 1 atom stereocenters. The molecule has 84 valence electrons. The molecule has 6 heteroatoms. The van der Waals surface area contributed by atoms with Crippen molar-refractivity contribution < 1.29 is 18.6 Å². The Morgan fingerprint density at radius 1 is 1.29 bits per heavy atom. The average molecular weight is 223 g/mol. The van der Waals surface area contributed by atoms with Crippen molar-refractivity contribution in [1.29, 1.82) is 0 Å². The highest BCUT2D eigenvalue weighted by molar-refractivity contribution is 7.57. The van der Waals surface area contributed by atoms with Crippen molar-refractivity contribution >= 4 is 13.5 Å². The van der Waals surface area contributed by atoms with Crippen LogP contribution in [-0.4, -0.2) is 44.1 Å². The number of methoxy groups -OCH3 is 1. The molecule has 0 heterocycles. The second-order valence-corrected chi connectivity index (χ2v) is 5.22. The summed E-state index contributed by atoms with van der Waals surface area (Å²) in [6, 6.07) is 0. The van der Waals surface area contributed by atoms with Crippen LogP contribution in [0.2, 0.25) is 0 Å². The van der Waals surface area contributed by atoms with Crippen molar-refractivity contribution in [2.75, 3.05) is 33.5 Å². The zero-order chi connectivity index (χ0) is 11.2. The fourth-order valence-corrected chi connectivity index (χ4v) is 3.04. The van der Waals surface area contributed by atoms with Crippen LogP contribution >= 0.6 is 7.52 Å². The molecule has 0 N–H and O–H groups in total. The Morgan fingerprint density at radius 3 is 2.07 bits per heavy atom. The van der Waals surface area contributed by atoms with Gasteiger partial charge in [-0.05, 0) is 0 Å². The minimum absolute atomic E-state index is 0.193. The molecule has 0 spiro atoms. The molecule has 5 nitrogen and oxygen atoms in total. The normalized spacial score (nSPS) is 15.2. The van der Waals surface area contributed by atoms with Gasteiger partial charge < -0.3 is 9.26 Å². The van der Waals surface area contributed by atoms with Crippen LogP contribution in [0.3, 0.4) is 0 Å². The number of esters is 1. The average Bonchev–Trinajstić information content (AvgIpc) is 2.19. The molecule has 0 saturated carbocycles. The lowest BCUT2D eigenvalue weighted by Crippen LogP contribution is -2.25. The summed E-state index contributed by atoms with van der Waals surface area (Å²) in [5, 5.41) is 0. The number of carbonyl (C=O) groups excluding carboxylic acids is 1. The number of hydrogen-bond acceptors (Lipinski definition) is 4. The smallest absolute Gasteiger partial charge is 0.316 e. The Morgan fingerprint density at radius 2 is 1.79 bits per heavy atom. The molecule has 0 aliphatic carbocycles. The van der Waals surface area contributed by atoms with Crippen molar-refractivity contribution in [2.24, 2.45) is 0 Å². The summed E-state index contributed by atoms with van der Waals surface area (Å²) in [5.41, 5.74) is 0. The van der Waals surface area contributed by atoms with Gasteiger partial charge in [0, 0.05) is 20.2 Å². The molecule has 0 aromatic carbocycles. The van der Waals surface area contributed by atoms with Crippen molar-refractivity contribution in [1.82, 2.24) is 4.67 Å². The van der Waals surface area contributed by atoms with E-state index in [2.05, 4.69) is 4.74 Å². The molecule has 14 heavy (non-hydrogen) atoms. The predicted molar refractivity (Wildman–Crippen MR) is 54.4 cm³/mol. The van der Waals surface area contributed by atoms with Crippen LogP contribution in [0.4, 0.5) is 0 Å². The van der Waals surface area contributed by atoms with E-state index >= 15 is 0 Å². The van der Waals surface area contributed by atoms with Gasteiger partial charge in [-0.2, -0.15) is 0 Å². The molecule has 0 aliphatic heterocycles. The first-order chi connectivity index (χ1) is 6.53. The van der Waals surface area contributed by atoms with Crippen LogP contribution in [0, 0.1) is 0 Å². The van der Waals surface area contributed by atoms with Gasteiger partial charge in [-0.25, -0.2) is 4.67 Å². The summed E-state index contributed by atoms with van der Waals surface area (Å²) in [5.74, 6) is -0.512. The van der Waals surface area contributed by atoms with Gasteiger partial charge in [-0.3, -0.25) is 9.36 Å². The molecule has 0 bridgehead atoms. The largest absolute Gasteiger partial charge is 0.469 e. The van der Waals surface area contributed by atoms with E-state index in [1.165, 1.54) is 14.2 Å². The van der Waals surface area contributed by atoms with E-state index in [9.17, 15) is 9.36 Å². The van der Waals surface area contributed by atoms with Crippen molar-refractivity contribution in [3.63, 3.8) is 0 Å². The van der Waals surface area contributed by atoms with Crippen LogP contribution in [0.5, 0.6) is 0 Å². The maximum Gasteiger partial charge on any atom is 0.316 e. The van der Waals surface area contributed by atoms with Crippen LogP contribution in [0.25, 0.3) is 0 Å². The number of hydrogen-bond donors (Lipinski definition) is 0. The quantitative estimate of drug-likeness (QED) is 0.502. The molecule has 0 fully saturated rings. The fourth-order valence-electron chi connectivity index (χ4n) is 1.16. The van der Waals surface area contributed by atoms with E-state index in [0.29, 0.717) is 13.1 Å².